The third kappa shape index (κ3) is 4.59. The number of amides is 2. The number of aliphatic hydroxyl groups is 1. The molecule has 1 saturated heterocycles. The lowest BCUT2D eigenvalue weighted by molar-refractivity contribution is -0.0498. The maximum atomic E-state index is 12.3. The maximum absolute atomic E-state index is 12.3. The third-order valence-electron chi connectivity index (χ3n) is 4.09. The van der Waals surface area contributed by atoms with Gasteiger partial charge in [-0.25, -0.2) is 4.79 Å². The largest absolute Gasteiger partial charge is 0.435 e. The van der Waals surface area contributed by atoms with Crippen molar-refractivity contribution in [2.45, 2.75) is 38.0 Å². The van der Waals surface area contributed by atoms with E-state index in [-0.39, 0.29) is 17.8 Å². The van der Waals surface area contributed by atoms with E-state index in [4.69, 9.17) is 6.42 Å². The van der Waals surface area contributed by atoms with Crippen LogP contribution in [0.3, 0.4) is 0 Å². The number of nitrogens with one attached hydrogen (secondary N) is 1. The Kier molecular flexibility index (Phi) is 5.62. The molecule has 2 N–H and O–H groups in total. The number of ether oxygens (including phenoxy) is 1. The second-order valence-electron chi connectivity index (χ2n) is 5.78. The first-order valence-electron chi connectivity index (χ1n) is 7.63. The smallest absolute Gasteiger partial charge is 0.387 e. The van der Waals surface area contributed by atoms with E-state index in [1.807, 2.05) is 0 Å². The number of halogens is 2. The van der Waals surface area contributed by atoms with Gasteiger partial charge in [-0.2, -0.15) is 8.78 Å². The second kappa shape index (κ2) is 7.49. The normalized spacial score (nSPS) is 17.9. The van der Waals surface area contributed by atoms with Gasteiger partial charge in [-0.3, -0.25) is 0 Å². The highest BCUT2D eigenvalue weighted by atomic mass is 19.3. The summed E-state index contributed by atoms with van der Waals surface area (Å²) in [5, 5.41) is 12.8. The quantitative estimate of drug-likeness (QED) is 0.830. The SMILES string of the molecule is C#CC1(O)CCN(C(=O)NC(C)c2ccc(OC(F)F)cc2)CC1. The van der Waals surface area contributed by atoms with E-state index in [9.17, 15) is 18.7 Å². The van der Waals surface area contributed by atoms with E-state index in [1.54, 1.807) is 24.0 Å². The Hall–Kier alpha value is -2.33. The van der Waals surface area contributed by atoms with Gasteiger partial charge in [0.15, 0.2) is 0 Å². The van der Waals surface area contributed by atoms with Crippen molar-refractivity contribution in [1.29, 1.82) is 0 Å². The zero-order valence-electron chi connectivity index (χ0n) is 13.3. The number of alkyl halides is 2. The molecule has 0 aliphatic carbocycles. The van der Waals surface area contributed by atoms with Gasteiger partial charge in [-0.15, -0.1) is 6.42 Å². The van der Waals surface area contributed by atoms with E-state index in [0.717, 1.165) is 5.56 Å². The molecule has 0 spiro atoms. The molecule has 0 aromatic heterocycles. The standard InChI is InChI=1S/C17H20F2N2O3/c1-3-17(23)8-10-21(11-9-17)16(22)20-12(2)13-4-6-14(7-5-13)24-15(18)19/h1,4-7,12,15,23H,8-11H2,2H3,(H,20,22). The minimum Gasteiger partial charge on any atom is -0.435 e. The van der Waals surface area contributed by atoms with Crippen molar-refractivity contribution in [1.82, 2.24) is 10.2 Å². The third-order valence-corrected chi connectivity index (χ3v) is 4.09. The van der Waals surface area contributed by atoms with E-state index >= 15 is 0 Å². The summed E-state index contributed by atoms with van der Waals surface area (Å²) in [6.45, 7) is -0.322. The molecular formula is C17H20F2N2O3. The van der Waals surface area contributed by atoms with Gasteiger partial charge in [-0.1, -0.05) is 18.1 Å². The number of benzene rings is 1. The van der Waals surface area contributed by atoms with Crippen molar-refractivity contribution in [3.8, 4) is 18.1 Å². The molecule has 0 saturated carbocycles. The molecule has 1 aliphatic heterocycles. The van der Waals surface area contributed by atoms with Crippen LogP contribution >= 0.6 is 0 Å². The first-order valence-corrected chi connectivity index (χ1v) is 7.63. The lowest BCUT2D eigenvalue weighted by Crippen LogP contribution is -2.49. The number of rotatable bonds is 4. The molecule has 0 radical (unpaired) electrons. The Balaban J connectivity index is 1.89. The first kappa shape index (κ1) is 18.0. The molecule has 0 bridgehead atoms. The zero-order chi connectivity index (χ0) is 17.7. The minimum absolute atomic E-state index is 0.0666. The van der Waals surface area contributed by atoms with Crippen LogP contribution in [0.1, 0.15) is 31.4 Å². The van der Waals surface area contributed by atoms with Gasteiger partial charge >= 0.3 is 12.6 Å². The Bertz CT molecular complexity index is 605. The van der Waals surface area contributed by atoms with Crippen LogP contribution in [-0.2, 0) is 0 Å². The van der Waals surface area contributed by atoms with Gasteiger partial charge in [0.2, 0.25) is 0 Å². The fourth-order valence-corrected chi connectivity index (χ4v) is 2.52. The highest BCUT2D eigenvalue weighted by Gasteiger charge is 2.32. The van der Waals surface area contributed by atoms with Crippen LogP contribution in [0.4, 0.5) is 13.6 Å². The molecule has 1 atom stereocenters. The zero-order valence-corrected chi connectivity index (χ0v) is 13.3. The predicted octanol–water partition coefficient (Wildman–Crippen LogP) is 2.52. The van der Waals surface area contributed by atoms with Gasteiger partial charge in [0.25, 0.3) is 0 Å². The summed E-state index contributed by atoms with van der Waals surface area (Å²) >= 11 is 0. The van der Waals surface area contributed by atoms with Crippen molar-refractivity contribution in [2.24, 2.45) is 0 Å². The Morgan fingerprint density at radius 3 is 2.46 bits per heavy atom. The van der Waals surface area contributed by atoms with E-state index < -0.39 is 12.2 Å². The molecule has 1 aliphatic rings. The number of hydrogen-bond donors (Lipinski definition) is 2. The van der Waals surface area contributed by atoms with Crippen molar-refractivity contribution in [2.75, 3.05) is 13.1 Å². The van der Waals surface area contributed by atoms with E-state index in [2.05, 4.69) is 16.0 Å². The summed E-state index contributed by atoms with van der Waals surface area (Å²) < 4.78 is 28.5. The molecule has 1 heterocycles. The number of carbonyl (C=O) groups is 1. The molecule has 1 aromatic carbocycles. The summed E-state index contributed by atoms with van der Waals surface area (Å²) in [7, 11) is 0. The molecule has 1 fully saturated rings. The first-order chi connectivity index (χ1) is 11.3. The fraction of sp³-hybridized carbons (Fsp3) is 0.471. The van der Waals surface area contributed by atoms with Crippen molar-refractivity contribution < 1.29 is 23.4 Å². The molecule has 24 heavy (non-hydrogen) atoms. The van der Waals surface area contributed by atoms with Gasteiger partial charge in [-0.05, 0) is 24.6 Å². The lowest BCUT2D eigenvalue weighted by Gasteiger charge is -2.35. The number of terminal acetylenes is 1. The average Bonchev–Trinajstić information content (AvgIpc) is 2.55. The fourth-order valence-electron chi connectivity index (χ4n) is 2.52. The Morgan fingerprint density at radius 1 is 1.38 bits per heavy atom. The van der Waals surface area contributed by atoms with Crippen LogP contribution in [0.15, 0.2) is 24.3 Å². The molecule has 1 unspecified atom stereocenters. The lowest BCUT2D eigenvalue weighted by atomic mass is 9.93. The number of carbonyl (C=O) groups excluding carboxylic acids is 1. The summed E-state index contributed by atoms with van der Waals surface area (Å²) in [4.78, 5) is 13.8. The number of piperidine rings is 1. The van der Waals surface area contributed by atoms with E-state index in [1.165, 1.54) is 12.1 Å². The highest BCUT2D eigenvalue weighted by Crippen LogP contribution is 2.22. The van der Waals surface area contributed by atoms with Crippen LogP contribution in [-0.4, -0.2) is 41.3 Å². The molecule has 1 aromatic rings. The topological polar surface area (TPSA) is 61.8 Å². The number of urea groups is 1. The number of likely N-dealkylation sites (tertiary alicyclic amines) is 1. The summed E-state index contributed by atoms with van der Waals surface area (Å²) in [5.41, 5.74) is -0.370. The van der Waals surface area contributed by atoms with Gasteiger partial charge < -0.3 is 20.1 Å². The van der Waals surface area contributed by atoms with Crippen LogP contribution < -0.4 is 10.1 Å². The summed E-state index contributed by atoms with van der Waals surface area (Å²) in [6.07, 6.45) is 5.96. The predicted molar refractivity (Wildman–Crippen MR) is 84.6 cm³/mol. The molecular weight excluding hydrogens is 318 g/mol. The molecule has 5 nitrogen and oxygen atoms in total. The highest BCUT2D eigenvalue weighted by molar-refractivity contribution is 5.74. The van der Waals surface area contributed by atoms with Crippen molar-refractivity contribution in [3.05, 3.63) is 29.8 Å². The molecule has 130 valence electrons. The van der Waals surface area contributed by atoms with Crippen LogP contribution in [0.5, 0.6) is 5.75 Å². The summed E-state index contributed by atoms with van der Waals surface area (Å²) in [5.74, 6) is 2.42. The summed E-state index contributed by atoms with van der Waals surface area (Å²) in [6, 6.07) is 5.54. The monoisotopic (exact) mass is 338 g/mol. The Labute approximate surface area is 139 Å². The van der Waals surface area contributed by atoms with Crippen LogP contribution in [0.2, 0.25) is 0 Å². The number of nitrogens with zero attached hydrogens (tertiary/aromatic N) is 1. The number of hydrogen-bond acceptors (Lipinski definition) is 3. The van der Waals surface area contributed by atoms with Crippen molar-refractivity contribution >= 4 is 6.03 Å². The second-order valence-corrected chi connectivity index (χ2v) is 5.78. The molecule has 2 rings (SSSR count). The Morgan fingerprint density at radius 2 is 1.96 bits per heavy atom. The minimum atomic E-state index is -2.87. The maximum Gasteiger partial charge on any atom is 0.387 e. The molecule has 7 heteroatoms. The average molecular weight is 338 g/mol. The van der Waals surface area contributed by atoms with Gasteiger partial charge in [0, 0.05) is 25.9 Å². The van der Waals surface area contributed by atoms with Crippen LogP contribution in [0, 0.1) is 12.3 Å². The molecule has 2 amide bonds. The van der Waals surface area contributed by atoms with E-state index in [0.29, 0.717) is 25.9 Å². The van der Waals surface area contributed by atoms with Gasteiger partial charge in [0.05, 0.1) is 6.04 Å². The van der Waals surface area contributed by atoms with Crippen LogP contribution in [0.25, 0.3) is 0 Å². The van der Waals surface area contributed by atoms with Gasteiger partial charge in [0.1, 0.15) is 11.4 Å². The van der Waals surface area contributed by atoms with Crippen molar-refractivity contribution in [3.63, 3.8) is 0 Å².